The van der Waals surface area contributed by atoms with Crippen LogP contribution in [0.1, 0.15) is 34.8 Å². The molecule has 1 aromatic carbocycles. The average molecular weight is 443 g/mol. The predicted molar refractivity (Wildman–Crippen MR) is 105 cm³/mol. The number of nitrogen functional groups attached to an aromatic ring is 1. The number of benzene rings is 1. The monoisotopic (exact) mass is 443 g/mol. The number of nitrogens with zero attached hydrogens (tertiary/aromatic N) is 3. The molecule has 11 heteroatoms. The summed E-state index contributed by atoms with van der Waals surface area (Å²) >= 11 is 0. The summed E-state index contributed by atoms with van der Waals surface area (Å²) in [6.07, 6.45) is -3.74. The van der Waals surface area contributed by atoms with Gasteiger partial charge in [-0.25, -0.2) is 18.7 Å². The van der Waals surface area contributed by atoms with Gasteiger partial charge in [-0.3, -0.25) is 4.79 Å². The molecule has 3 rings (SSSR count). The van der Waals surface area contributed by atoms with Gasteiger partial charge in [0, 0.05) is 31.0 Å². The SMILES string of the molecule is Cc1ccc(N)c(C(=O)N2CC(F)(F)CC(C)[C@H]2CNc2ncc(C(F)(F)F)cn2)c1. The van der Waals surface area contributed by atoms with E-state index in [9.17, 15) is 26.7 Å². The van der Waals surface area contributed by atoms with E-state index < -0.39 is 48.5 Å². The van der Waals surface area contributed by atoms with Crippen LogP contribution < -0.4 is 11.1 Å². The van der Waals surface area contributed by atoms with Gasteiger partial charge in [0.2, 0.25) is 5.95 Å². The molecule has 0 bridgehead atoms. The van der Waals surface area contributed by atoms with Crippen LogP contribution in [0.15, 0.2) is 30.6 Å². The van der Waals surface area contributed by atoms with Crippen LogP contribution in [-0.4, -0.2) is 45.8 Å². The number of hydrogen-bond donors (Lipinski definition) is 2. The molecule has 1 saturated heterocycles. The maximum absolute atomic E-state index is 14.3. The van der Waals surface area contributed by atoms with Crippen molar-refractivity contribution in [3.63, 3.8) is 0 Å². The van der Waals surface area contributed by atoms with Crippen LogP contribution in [0, 0.1) is 12.8 Å². The molecule has 1 aliphatic heterocycles. The molecule has 1 fully saturated rings. The van der Waals surface area contributed by atoms with E-state index in [2.05, 4.69) is 15.3 Å². The van der Waals surface area contributed by atoms with Gasteiger partial charge in [-0.05, 0) is 25.0 Å². The zero-order valence-electron chi connectivity index (χ0n) is 16.9. The molecule has 1 amide bonds. The van der Waals surface area contributed by atoms with Crippen LogP contribution in [0.25, 0.3) is 0 Å². The lowest BCUT2D eigenvalue weighted by Crippen LogP contribution is -2.57. The van der Waals surface area contributed by atoms with Crippen LogP contribution in [0.4, 0.5) is 33.6 Å². The lowest BCUT2D eigenvalue weighted by molar-refractivity contribution is -0.138. The Labute approximate surface area is 175 Å². The van der Waals surface area contributed by atoms with Gasteiger partial charge < -0.3 is 16.0 Å². The van der Waals surface area contributed by atoms with Crippen LogP contribution in [0.3, 0.4) is 0 Å². The first-order chi connectivity index (χ1) is 14.4. The van der Waals surface area contributed by atoms with Crippen molar-refractivity contribution >= 4 is 17.5 Å². The highest BCUT2D eigenvalue weighted by Crippen LogP contribution is 2.36. The number of nitrogens with one attached hydrogen (secondary N) is 1. The van der Waals surface area contributed by atoms with Crippen molar-refractivity contribution in [2.45, 2.75) is 38.4 Å². The molecule has 0 saturated carbocycles. The fourth-order valence-electron chi connectivity index (χ4n) is 3.65. The summed E-state index contributed by atoms with van der Waals surface area (Å²) in [6, 6.07) is 4.12. The molecule has 6 nitrogen and oxygen atoms in total. The number of amides is 1. The number of halogens is 5. The number of aryl methyl sites for hydroxylation is 1. The first kappa shape index (κ1) is 22.7. The molecule has 1 unspecified atom stereocenters. The molecule has 3 N–H and O–H groups in total. The molecule has 0 radical (unpaired) electrons. The van der Waals surface area contributed by atoms with Crippen LogP contribution in [-0.2, 0) is 6.18 Å². The topological polar surface area (TPSA) is 84.1 Å². The van der Waals surface area contributed by atoms with E-state index in [1.54, 1.807) is 26.0 Å². The highest BCUT2D eigenvalue weighted by molar-refractivity contribution is 5.99. The third kappa shape index (κ3) is 5.20. The standard InChI is InChI=1S/C20H22F5N5O/c1-11-3-4-15(26)14(5-11)17(31)30-10-19(21,22)6-12(2)16(30)9-29-18-27-7-13(8-28-18)20(23,24)25/h3-5,7-8,12,16H,6,9-10,26H2,1-2H3,(H,27,28,29)/t12?,16-/m1/s1. The van der Waals surface area contributed by atoms with Crippen molar-refractivity contribution < 1.29 is 26.7 Å². The summed E-state index contributed by atoms with van der Waals surface area (Å²) in [6.45, 7) is 2.54. The Morgan fingerprint density at radius 2 is 1.94 bits per heavy atom. The molecule has 0 aliphatic carbocycles. The second-order valence-corrected chi connectivity index (χ2v) is 7.80. The number of nitrogens with two attached hydrogens (primary N) is 1. The Kier molecular flexibility index (Phi) is 6.06. The number of anilines is 2. The van der Waals surface area contributed by atoms with Crippen LogP contribution in [0.5, 0.6) is 0 Å². The van der Waals surface area contributed by atoms with Crippen molar-refractivity contribution in [1.29, 1.82) is 0 Å². The first-order valence-electron chi connectivity index (χ1n) is 9.55. The van der Waals surface area contributed by atoms with E-state index >= 15 is 0 Å². The van der Waals surface area contributed by atoms with E-state index in [-0.39, 0.29) is 23.7 Å². The second-order valence-electron chi connectivity index (χ2n) is 7.80. The quantitative estimate of drug-likeness (QED) is 0.552. The largest absolute Gasteiger partial charge is 0.419 e. The van der Waals surface area contributed by atoms with Crippen LogP contribution >= 0.6 is 0 Å². The summed E-state index contributed by atoms with van der Waals surface area (Å²) in [5.41, 5.74) is 5.95. The lowest BCUT2D eigenvalue weighted by atomic mass is 9.87. The Morgan fingerprint density at radius 3 is 2.55 bits per heavy atom. The van der Waals surface area contributed by atoms with Gasteiger partial charge in [0.25, 0.3) is 11.8 Å². The Bertz CT molecular complexity index is 948. The fourth-order valence-corrected chi connectivity index (χ4v) is 3.65. The van der Waals surface area contributed by atoms with E-state index in [1.165, 1.54) is 6.07 Å². The van der Waals surface area contributed by atoms with E-state index in [4.69, 9.17) is 5.73 Å². The summed E-state index contributed by atoms with van der Waals surface area (Å²) in [5.74, 6) is -4.40. The predicted octanol–water partition coefficient (Wildman–Crippen LogP) is 3.98. The van der Waals surface area contributed by atoms with Gasteiger partial charge in [0.1, 0.15) is 0 Å². The first-order valence-corrected chi connectivity index (χ1v) is 9.55. The summed E-state index contributed by atoms with van der Waals surface area (Å²) in [4.78, 5) is 21.4. The lowest BCUT2D eigenvalue weighted by Gasteiger charge is -2.43. The zero-order chi connectivity index (χ0) is 23.0. The zero-order valence-corrected chi connectivity index (χ0v) is 16.9. The number of piperidine rings is 1. The smallest absolute Gasteiger partial charge is 0.398 e. The van der Waals surface area contributed by atoms with Gasteiger partial charge >= 0.3 is 6.18 Å². The highest BCUT2D eigenvalue weighted by atomic mass is 19.4. The van der Waals surface area contributed by atoms with Gasteiger partial charge in [-0.15, -0.1) is 0 Å². The molecule has 168 valence electrons. The number of aromatic nitrogens is 2. The number of likely N-dealkylation sites (tertiary alicyclic amines) is 1. The molecule has 0 spiro atoms. The second kappa shape index (κ2) is 8.27. The highest BCUT2D eigenvalue weighted by Gasteiger charge is 2.46. The van der Waals surface area contributed by atoms with Crippen molar-refractivity contribution in [3.8, 4) is 0 Å². The minimum atomic E-state index is -4.57. The molecule has 2 heterocycles. The summed E-state index contributed by atoms with van der Waals surface area (Å²) in [5, 5.41) is 2.75. The number of hydrogen-bond acceptors (Lipinski definition) is 5. The van der Waals surface area contributed by atoms with Gasteiger partial charge in [0.15, 0.2) is 0 Å². The molecule has 2 aromatic rings. The maximum atomic E-state index is 14.3. The summed E-state index contributed by atoms with van der Waals surface area (Å²) in [7, 11) is 0. The third-order valence-electron chi connectivity index (χ3n) is 5.23. The fraction of sp³-hybridized carbons (Fsp3) is 0.450. The van der Waals surface area contributed by atoms with Gasteiger partial charge in [0.05, 0.1) is 23.7 Å². The van der Waals surface area contributed by atoms with E-state index in [0.29, 0.717) is 12.4 Å². The van der Waals surface area contributed by atoms with Gasteiger partial charge in [-0.1, -0.05) is 18.6 Å². The number of carbonyl (C=O) groups excluding carboxylic acids is 1. The van der Waals surface area contributed by atoms with Crippen molar-refractivity contribution in [3.05, 3.63) is 47.3 Å². The molecular weight excluding hydrogens is 421 g/mol. The van der Waals surface area contributed by atoms with E-state index in [0.717, 1.165) is 10.5 Å². The Balaban J connectivity index is 1.82. The van der Waals surface area contributed by atoms with Crippen LogP contribution in [0.2, 0.25) is 0 Å². The summed E-state index contributed by atoms with van der Waals surface area (Å²) < 4.78 is 66.5. The average Bonchev–Trinajstić information content (AvgIpc) is 2.67. The number of alkyl halides is 5. The Hall–Kier alpha value is -2.98. The third-order valence-corrected chi connectivity index (χ3v) is 5.23. The normalized spacial score (nSPS) is 21.1. The molecule has 31 heavy (non-hydrogen) atoms. The minimum absolute atomic E-state index is 0.0138. The van der Waals surface area contributed by atoms with Crippen molar-refractivity contribution in [2.75, 3.05) is 24.1 Å². The minimum Gasteiger partial charge on any atom is -0.398 e. The maximum Gasteiger partial charge on any atom is 0.419 e. The molecule has 1 aliphatic rings. The number of carbonyl (C=O) groups is 1. The molecular formula is C20H22F5N5O. The van der Waals surface area contributed by atoms with Crippen molar-refractivity contribution in [2.24, 2.45) is 5.92 Å². The molecule has 1 aromatic heterocycles. The van der Waals surface area contributed by atoms with E-state index in [1.807, 2.05) is 0 Å². The molecule has 2 atom stereocenters. The van der Waals surface area contributed by atoms with Gasteiger partial charge in [-0.2, -0.15) is 13.2 Å². The Morgan fingerprint density at radius 1 is 1.29 bits per heavy atom. The number of rotatable bonds is 4. The van der Waals surface area contributed by atoms with Crippen molar-refractivity contribution in [1.82, 2.24) is 14.9 Å².